The van der Waals surface area contributed by atoms with Gasteiger partial charge in [0.1, 0.15) is 11.6 Å². The van der Waals surface area contributed by atoms with E-state index < -0.39 is 0 Å². The van der Waals surface area contributed by atoms with E-state index in [-0.39, 0.29) is 5.83 Å². The van der Waals surface area contributed by atoms with Crippen molar-refractivity contribution in [3.05, 3.63) is 52.2 Å². The maximum atomic E-state index is 13.8. The van der Waals surface area contributed by atoms with E-state index in [9.17, 15) is 4.39 Å². The molecule has 1 saturated carbocycles. The minimum Gasteiger partial charge on any atom is -0.493 e. The van der Waals surface area contributed by atoms with E-state index in [0.29, 0.717) is 18.3 Å². The molecule has 6 rings (SSSR count). The maximum absolute atomic E-state index is 13.8. The smallest absolute Gasteiger partial charge is 0.175 e. The molecule has 198 valence electrons. The minimum atomic E-state index is 0.00304. The molecule has 37 heavy (non-hydrogen) atoms. The van der Waals surface area contributed by atoms with Gasteiger partial charge in [-0.25, -0.2) is 4.39 Å². The van der Waals surface area contributed by atoms with E-state index in [0.717, 1.165) is 85.6 Å². The van der Waals surface area contributed by atoms with Gasteiger partial charge in [0.25, 0.3) is 0 Å². The normalized spacial score (nSPS) is 19.0. The Balaban J connectivity index is 1.06. The minimum absolute atomic E-state index is 0.00304. The molecule has 3 aromatic rings. The number of nitrogens with zero attached hydrogens (tertiary/aromatic N) is 3. The molecule has 0 amide bonds. The van der Waals surface area contributed by atoms with Gasteiger partial charge >= 0.3 is 0 Å². The van der Waals surface area contributed by atoms with Crippen LogP contribution in [0.5, 0.6) is 5.75 Å². The van der Waals surface area contributed by atoms with Crippen LogP contribution in [-0.4, -0.2) is 53.7 Å². The highest BCUT2D eigenvalue weighted by Gasteiger charge is 2.25. The van der Waals surface area contributed by atoms with Gasteiger partial charge in [-0.2, -0.15) is 0 Å². The van der Waals surface area contributed by atoms with Crippen molar-refractivity contribution in [3.63, 3.8) is 0 Å². The molecule has 2 aromatic heterocycles. The van der Waals surface area contributed by atoms with E-state index in [2.05, 4.69) is 52.4 Å². The first-order valence-electron chi connectivity index (χ1n) is 14.0. The van der Waals surface area contributed by atoms with Gasteiger partial charge in [-0.3, -0.25) is 4.90 Å². The van der Waals surface area contributed by atoms with Crippen LogP contribution in [0.4, 0.5) is 4.39 Å². The fourth-order valence-corrected chi connectivity index (χ4v) is 5.89. The number of halogens is 1. The first-order valence-corrected chi connectivity index (χ1v) is 14.0. The molecule has 3 aliphatic rings. The molecule has 2 fully saturated rings. The molecule has 6 nitrogen and oxygen atoms in total. The summed E-state index contributed by atoms with van der Waals surface area (Å²) >= 11 is 0. The molecule has 0 unspecified atom stereocenters. The van der Waals surface area contributed by atoms with Gasteiger partial charge in [0, 0.05) is 42.4 Å². The molecule has 1 aliphatic heterocycles. The van der Waals surface area contributed by atoms with Crippen LogP contribution in [0, 0.1) is 11.8 Å². The number of allylic oxidation sites excluding steroid dienone is 1. The van der Waals surface area contributed by atoms with Gasteiger partial charge in [0.05, 0.1) is 17.9 Å². The van der Waals surface area contributed by atoms with Crippen molar-refractivity contribution >= 4 is 17.0 Å². The Kier molecular flexibility index (Phi) is 7.08. The van der Waals surface area contributed by atoms with Crippen molar-refractivity contribution in [1.82, 2.24) is 19.9 Å². The number of likely N-dealkylation sites (tertiary alicyclic amines) is 1. The number of aryl methyl sites for hydroxylation is 2. The van der Waals surface area contributed by atoms with Crippen molar-refractivity contribution in [2.45, 2.75) is 64.5 Å². The van der Waals surface area contributed by atoms with Gasteiger partial charge in [0.15, 0.2) is 5.58 Å². The van der Waals surface area contributed by atoms with Crippen LogP contribution in [0.1, 0.15) is 66.6 Å². The molecule has 0 bridgehead atoms. The van der Waals surface area contributed by atoms with Crippen molar-refractivity contribution in [2.24, 2.45) is 11.8 Å². The molecule has 0 spiro atoms. The highest BCUT2D eigenvalue weighted by molar-refractivity contribution is 5.84. The Morgan fingerprint density at radius 3 is 2.76 bits per heavy atom. The van der Waals surface area contributed by atoms with Crippen LogP contribution in [0.15, 0.2) is 28.7 Å². The van der Waals surface area contributed by atoms with E-state index in [1.54, 1.807) is 6.08 Å². The molecule has 0 radical (unpaired) electrons. The first-order chi connectivity index (χ1) is 18.0. The number of hydrogen-bond donors (Lipinski definition) is 1. The summed E-state index contributed by atoms with van der Waals surface area (Å²) in [5, 5.41) is 5.64. The largest absolute Gasteiger partial charge is 0.493 e. The molecule has 1 saturated heterocycles. The summed E-state index contributed by atoms with van der Waals surface area (Å²) in [7, 11) is 4.15. The summed E-state index contributed by atoms with van der Waals surface area (Å²) in [5.41, 5.74) is 6.55. The number of aromatic amines is 1. The third kappa shape index (κ3) is 5.63. The number of fused-ring (bicyclic) bond motifs is 2. The number of H-pyrrole nitrogens is 1. The summed E-state index contributed by atoms with van der Waals surface area (Å²) in [6.07, 6.45) is 12.1. The highest BCUT2D eigenvalue weighted by Crippen LogP contribution is 2.35. The van der Waals surface area contributed by atoms with E-state index in [1.165, 1.54) is 36.9 Å². The number of nitrogens with one attached hydrogen (secondary N) is 1. The van der Waals surface area contributed by atoms with Gasteiger partial charge in [-0.15, -0.1) is 0 Å². The van der Waals surface area contributed by atoms with Gasteiger partial charge in [-0.1, -0.05) is 5.16 Å². The molecule has 2 aliphatic carbocycles. The topological polar surface area (TPSA) is 57.5 Å². The Morgan fingerprint density at radius 2 is 1.97 bits per heavy atom. The first kappa shape index (κ1) is 24.7. The van der Waals surface area contributed by atoms with E-state index in [1.807, 2.05) is 0 Å². The highest BCUT2D eigenvalue weighted by atomic mass is 19.1. The molecule has 0 atom stereocenters. The van der Waals surface area contributed by atoms with Crippen LogP contribution in [0.2, 0.25) is 0 Å². The Morgan fingerprint density at radius 1 is 1.14 bits per heavy atom. The average Bonchev–Trinajstić information content (AvgIpc) is 3.51. The zero-order valence-corrected chi connectivity index (χ0v) is 22.2. The summed E-state index contributed by atoms with van der Waals surface area (Å²) in [6, 6.07) is 4.25. The predicted molar refractivity (Wildman–Crippen MR) is 144 cm³/mol. The maximum Gasteiger partial charge on any atom is 0.175 e. The van der Waals surface area contributed by atoms with Crippen molar-refractivity contribution in [3.8, 4) is 5.75 Å². The summed E-state index contributed by atoms with van der Waals surface area (Å²) in [6.45, 7) is 4.65. The monoisotopic (exact) mass is 506 g/mol. The van der Waals surface area contributed by atoms with Crippen LogP contribution in [-0.2, 0) is 25.9 Å². The zero-order valence-electron chi connectivity index (χ0n) is 22.2. The van der Waals surface area contributed by atoms with Crippen LogP contribution >= 0.6 is 0 Å². The molecule has 1 aromatic carbocycles. The third-order valence-electron chi connectivity index (χ3n) is 8.32. The Bertz CT molecular complexity index is 1260. The second-order valence-electron chi connectivity index (χ2n) is 11.6. The number of rotatable bonds is 10. The lowest BCUT2D eigenvalue weighted by Gasteiger charge is -2.32. The van der Waals surface area contributed by atoms with Crippen LogP contribution in [0.3, 0.4) is 0 Å². The van der Waals surface area contributed by atoms with Crippen LogP contribution < -0.4 is 4.74 Å². The molecule has 1 N–H and O–H groups in total. The van der Waals surface area contributed by atoms with Crippen molar-refractivity contribution < 1.29 is 13.7 Å². The SMILES string of the molecule is CN(C)Cc1c(OCC2CC2)ccc2c(CCC3CCN(Cc4c[nH]c5c4C=C(F)CC5)CC3)noc12. The Hall–Kier alpha value is -2.64. The van der Waals surface area contributed by atoms with Crippen molar-refractivity contribution in [2.75, 3.05) is 33.8 Å². The van der Waals surface area contributed by atoms with E-state index >= 15 is 0 Å². The number of hydrogen-bond acceptors (Lipinski definition) is 5. The average molecular weight is 507 g/mol. The Labute approximate surface area is 218 Å². The quantitative estimate of drug-likeness (QED) is 0.360. The fraction of sp³-hybridized carbons (Fsp3) is 0.567. The lowest BCUT2D eigenvalue weighted by atomic mass is 9.90. The summed E-state index contributed by atoms with van der Waals surface area (Å²) in [5.74, 6) is 2.35. The van der Waals surface area contributed by atoms with E-state index in [4.69, 9.17) is 9.26 Å². The lowest BCUT2D eigenvalue weighted by Crippen LogP contribution is -2.33. The number of benzene rings is 1. The third-order valence-corrected chi connectivity index (χ3v) is 8.32. The predicted octanol–water partition coefficient (Wildman–Crippen LogP) is 6.11. The molecular weight excluding hydrogens is 467 g/mol. The zero-order chi connectivity index (χ0) is 25.4. The summed E-state index contributed by atoms with van der Waals surface area (Å²) in [4.78, 5) is 8.04. The second kappa shape index (κ2) is 10.6. The number of aromatic nitrogens is 2. The number of piperidine rings is 1. The van der Waals surface area contributed by atoms with Gasteiger partial charge in [-0.05, 0) is 108 Å². The van der Waals surface area contributed by atoms with Crippen molar-refractivity contribution in [1.29, 1.82) is 0 Å². The van der Waals surface area contributed by atoms with Gasteiger partial charge < -0.3 is 19.1 Å². The number of ether oxygens (including phenoxy) is 1. The van der Waals surface area contributed by atoms with Crippen LogP contribution in [0.25, 0.3) is 17.0 Å². The molecule has 3 heterocycles. The van der Waals surface area contributed by atoms with Gasteiger partial charge in [0.2, 0.25) is 0 Å². The lowest BCUT2D eigenvalue weighted by molar-refractivity contribution is 0.172. The standard InChI is InChI=1S/C30H39FN4O2/c1-34(2)18-26-29(36-19-21-3-4-21)10-7-24-28(33-37-30(24)26)8-5-20-11-13-35(14-12-20)17-22-16-32-27-9-6-23(31)15-25(22)27/h7,10,15-16,20-21,32H,3-6,8-9,11-14,17-19H2,1-2H3. The second-order valence-corrected chi connectivity index (χ2v) is 11.6. The summed E-state index contributed by atoms with van der Waals surface area (Å²) < 4.78 is 25.9. The fourth-order valence-electron chi connectivity index (χ4n) is 5.89. The molecule has 7 heteroatoms. The molecular formula is C30H39FN4O2.